The molecule has 0 aliphatic heterocycles. The van der Waals surface area contributed by atoms with Gasteiger partial charge in [-0.15, -0.1) is 0 Å². The van der Waals surface area contributed by atoms with Crippen LogP contribution in [-0.4, -0.2) is 5.78 Å². The highest BCUT2D eigenvalue weighted by molar-refractivity contribution is 9.10. The van der Waals surface area contributed by atoms with Gasteiger partial charge in [0.1, 0.15) is 0 Å². The second kappa shape index (κ2) is 5.45. The highest BCUT2D eigenvalue weighted by Crippen LogP contribution is 2.32. The Labute approximate surface area is 132 Å². The standard InChI is InChI=1S/C19H15BrO/c1-12-9-15(11-16(20)10-12)18-8-7-14-5-3-4-6-17(14)19(18)13(2)21/h3-11H,1-2H3. The smallest absolute Gasteiger partial charge is 0.161 e. The van der Waals surface area contributed by atoms with Crippen molar-refractivity contribution in [2.45, 2.75) is 13.8 Å². The molecule has 2 heteroatoms. The van der Waals surface area contributed by atoms with Crippen molar-refractivity contribution in [3.63, 3.8) is 0 Å². The number of hydrogen-bond acceptors (Lipinski definition) is 1. The van der Waals surface area contributed by atoms with E-state index < -0.39 is 0 Å². The molecule has 104 valence electrons. The van der Waals surface area contributed by atoms with Crippen LogP contribution in [0.5, 0.6) is 0 Å². The zero-order valence-corrected chi connectivity index (χ0v) is 13.6. The number of fused-ring (bicyclic) bond motifs is 1. The molecule has 0 aliphatic rings. The monoisotopic (exact) mass is 338 g/mol. The maximum absolute atomic E-state index is 12.2. The SMILES string of the molecule is CC(=O)c1c(-c2cc(C)cc(Br)c2)ccc2ccccc12. The van der Waals surface area contributed by atoms with Crippen LogP contribution in [-0.2, 0) is 0 Å². The van der Waals surface area contributed by atoms with Crippen molar-refractivity contribution in [1.29, 1.82) is 0 Å². The molecular weight excluding hydrogens is 324 g/mol. The summed E-state index contributed by atoms with van der Waals surface area (Å²) in [5.74, 6) is 0.0967. The highest BCUT2D eigenvalue weighted by atomic mass is 79.9. The number of hydrogen-bond donors (Lipinski definition) is 0. The normalized spacial score (nSPS) is 10.8. The Morgan fingerprint density at radius 1 is 1.00 bits per heavy atom. The van der Waals surface area contributed by atoms with E-state index in [2.05, 4.69) is 47.1 Å². The van der Waals surface area contributed by atoms with Crippen LogP contribution in [0.4, 0.5) is 0 Å². The fourth-order valence-electron chi connectivity index (χ4n) is 2.78. The molecule has 0 bridgehead atoms. The summed E-state index contributed by atoms with van der Waals surface area (Å²) in [6, 6.07) is 18.4. The van der Waals surface area contributed by atoms with Gasteiger partial charge in [-0.25, -0.2) is 0 Å². The van der Waals surface area contributed by atoms with E-state index in [-0.39, 0.29) is 5.78 Å². The minimum absolute atomic E-state index is 0.0967. The minimum Gasteiger partial charge on any atom is -0.294 e. The van der Waals surface area contributed by atoms with Crippen molar-refractivity contribution in [3.05, 3.63) is 70.2 Å². The maximum Gasteiger partial charge on any atom is 0.161 e. The Morgan fingerprint density at radius 2 is 1.76 bits per heavy atom. The maximum atomic E-state index is 12.2. The van der Waals surface area contributed by atoms with Crippen LogP contribution in [0.2, 0.25) is 0 Å². The molecule has 0 amide bonds. The lowest BCUT2D eigenvalue weighted by atomic mass is 9.91. The number of Topliss-reactive ketones (excluding diaryl/α,β-unsaturated/α-hetero) is 1. The van der Waals surface area contributed by atoms with Gasteiger partial charge in [-0.3, -0.25) is 4.79 Å². The summed E-state index contributed by atoms with van der Waals surface area (Å²) in [5, 5.41) is 2.11. The summed E-state index contributed by atoms with van der Waals surface area (Å²) < 4.78 is 1.03. The van der Waals surface area contributed by atoms with E-state index in [0.29, 0.717) is 0 Å². The third-order valence-corrected chi connectivity index (χ3v) is 4.09. The van der Waals surface area contributed by atoms with E-state index in [9.17, 15) is 4.79 Å². The van der Waals surface area contributed by atoms with Crippen LogP contribution in [0.3, 0.4) is 0 Å². The zero-order valence-electron chi connectivity index (χ0n) is 12.0. The number of halogens is 1. The summed E-state index contributed by atoms with van der Waals surface area (Å²) in [5.41, 5.74) is 4.02. The van der Waals surface area contributed by atoms with Crippen LogP contribution < -0.4 is 0 Å². The quantitative estimate of drug-likeness (QED) is 0.541. The lowest BCUT2D eigenvalue weighted by Gasteiger charge is -2.12. The Hall–Kier alpha value is -1.93. The molecule has 3 aromatic rings. The van der Waals surface area contributed by atoms with Crippen molar-refractivity contribution in [2.24, 2.45) is 0 Å². The average molecular weight is 339 g/mol. The average Bonchev–Trinajstić information content (AvgIpc) is 2.44. The van der Waals surface area contributed by atoms with E-state index in [1.165, 1.54) is 5.56 Å². The van der Waals surface area contributed by atoms with Gasteiger partial charge in [-0.05, 0) is 53.4 Å². The predicted octanol–water partition coefficient (Wildman–Crippen LogP) is 5.78. The Kier molecular flexibility index (Phi) is 3.64. The summed E-state index contributed by atoms with van der Waals surface area (Å²) in [4.78, 5) is 12.2. The molecule has 0 radical (unpaired) electrons. The third kappa shape index (κ3) is 2.64. The van der Waals surface area contributed by atoms with Gasteiger partial charge in [0.05, 0.1) is 0 Å². The van der Waals surface area contributed by atoms with Crippen LogP contribution >= 0.6 is 15.9 Å². The Morgan fingerprint density at radius 3 is 2.48 bits per heavy atom. The molecule has 0 atom stereocenters. The first kappa shape index (κ1) is 14.0. The zero-order chi connectivity index (χ0) is 15.0. The fraction of sp³-hybridized carbons (Fsp3) is 0.105. The third-order valence-electron chi connectivity index (χ3n) is 3.63. The first-order chi connectivity index (χ1) is 10.1. The van der Waals surface area contributed by atoms with Gasteiger partial charge in [0.15, 0.2) is 5.78 Å². The summed E-state index contributed by atoms with van der Waals surface area (Å²) >= 11 is 3.54. The fourth-order valence-corrected chi connectivity index (χ4v) is 3.39. The number of aryl methyl sites for hydroxylation is 1. The molecule has 1 nitrogen and oxygen atoms in total. The molecule has 0 fully saturated rings. The van der Waals surface area contributed by atoms with Gasteiger partial charge in [0.2, 0.25) is 0 Å². The van der Waals surface area contributed by atoms with Gasteiger partial charge in [-0.1, -0.05) is 58.4 Å². The lowest BCUT2D eigenvalue weighted by molar-refractivity contribution is 0.102. The topological polar surface area (TPSA) is 17.1 Å². The Balaban J connectivity index is 2.37. The predicted molar refractivity (Wildman–Crippen MR) is 91.8 cm³/mol. The molecule has 0 heterocycles. The first-order valence-electron chi connectivity index (χ1n) is 6.86. The van der Waals surface area contributed by atoms with Gasteiger partial charge in [-0.2, -0.15) is 0 Å². The molecule has 0 N–H and O–H groups in total. The molecule has 0 spiro atoms. The van der Waals surface area contributed by atoms with Crippen LogP contribution in [0.15, 0.2) is 59.1 Å². The molecule has 3 rings (SSSR count). The van der Waals surface area contributed by atoms with Crippen molar-refractivity contribution in [1.82, 2.24) is 0 Å². The van der Waals surface area contributed by atoms with E-state index in [1.54, 1.807) is 6.92 Å². The van der Waals surface area contributed by atoms with Crippen LogP contribution in [0, 0.1) is 6.92 Å². The van der Waals surface area contributed by atoms with Crippen molar-refractivity contribution >= 4 is 32.5 Å². The second-order valence-electron chi connectivity index (χ2n) is 5.28. The molecule has 21 heavy (non-hydrogen) atoms. The molecule has 0 unspecified atom stereocenters. The highest BCUT2D eigenvalue weighted by Gasteiger charge is 2.13. The van der Waals surface area contributed by atoms with Crippen molar-refractivity contribution in [2.75, 3.05) is 0 Å². The lowest BCUT2D eigenvalue weighted by Crippen LogP contribution is -1.98. The van der Waals surface area contributed by atoms with E-state index >= 15 is 0 Å². The molecule has 0 saturated heterocycles. The van der Waals surface area contributed by atoms with Crippen molar-refractivity contribution < 1.29 is 4.79 Å². The number of benzene rings is 3. The summed E-state index contributed by atoms with van der Waals surface area (Å²) in [6.07, 6.45) is 0. The van der Waals surface area contributed by atoms with Gasteiger partial charge in [0.25, 0.3) is 0 Å². The van der Waals surface area contributed by atoms with Gasteiger partial charge in [0, 0.05) is 10.0 Å². The minimum atomic E-state index is 0.0967. The van der Waals surface area contributed by atoms with E-state index in [0.717, 1.165) is 31.9 Å². The number of carbonyl (C=O) groups excluding carboxylic acids is 1. The molecular formula is C19H15BrO. The Bertz CT molecular complexity index is 829. The van der Waals surface area contributed by atoms with E-state index in [1.807, 2.05) is 30.3 Å². The van der Waals surface area contributed by atoms with Crippen LogP contribution in [0.1, 0.15) is 22.8 Å². The summed E-state index contributed by atoms with van der Waals surface area (Å²) in [6.45, 7) is 3.69. The van der Waals surface area contributed by atoms with Gasteiger partial charge >= 0.3 is 0 Å². The molecule has 3 aromatic carbocycles. The molecule has 0 aromatic heterocycles. The van der Waals surface area contributed by atoms with Crippen LogP contribution in [0.25, 0.3) is 21.9 Å². The molecule has 0 aliphatic carbocycles. The van der Waals surface area contributed by atoms with Gasteiger partial charge < -0.3 is 0 Å². The molecule has 0 saturated carbocycles. The number of carbonyl (C=O) groups is 1. The van der Waals surface area contributed by atoms with E-state index in [4.69, 9.17) is 0 Å². The second-order valence-corrected chi connectivity index (χ2v) is 6.20. The first-order valence-corrected chi connectivity index (χ1v) is 7.66. The van der Waals surface area contributed by atoms with Crippen molar-refractivity contribution in [3.8, 4) is 11.1 Å². The number of rotatable bonds is 2. The summed E-state index contributed by atoms with van der Waals surface area (Å²) in [7, 11) is 0. The number of ketones is 1. The largest absolute Gasteiger partial charge is 0.294 e.